The van der Waals surface area contributed by atoms with E-state index in [0.717, 1.165) is 0 Å². The summed E-state index contributed by atoms with van der Waals surface area (Å²) in [4.78, 5) is 11.9. The molecule has 20 heavy (non-hydrogen) atoms. The number of benzene rings is 1. The molecule has 0 aromatic heterocycles. The summed E-state index contributed by atoms with van der Waals surface area (Å²) in [6.45, 7) is 7.06. The van der Waals surface area contributed by atoms with Crippen LogP contribution in [0.5, 0.6) is 0 Å². The molecule has 0 aliphatic rings. The molecular formula is C14H21ClN2O3. The molecule has 1 aromatic carbocycles. The van der Waals surface area contributed by atoms with Crippen LogP contribution in [-0.2, 0) is 9.47 Å². The molecule has 0 aliphatic carbocycles. The Hall–Kier alpha value is -1.46. The monoisotopic (exact) mass is 300 g/mol. The van der Waals surface area contributed by atoms with Crippen LogP contribution in [0, 0.1) is 0 Å². The largest absolute Gasteiger partial charge is 0.462 e. The van der Waals surface area contributed by atoms with Crippen molar-refractivity contribution >= 4 is 28.9 Å². The maximum Gasteiger partial charge on any atom is 0.340 e. The quantitative estimate of drug-likeness (QED) is 0.598. The average Bonchev–Trinajstić information content (AvgIpc) is 2.37. The van der Waals surface area contributed by atoms with Crippen molar-refractivity contribution in [2.45, 2.75) is 26.9 Å². The zero-order valence-corrected chi connectivity index (χ0v) is 12.8. The second-order valence-corrected chi connectivity index (χ2v) is 4.70. The summed E-state index contributed by atoms with van der Waals surface area (Å²) in [7, 11) is 0. The third-order valence-corrected chi connectivity index (χ3v) is 2.92. The molecule has 5 nitrogen and oxygen atoms in total. The van der Waals surface area contributed by atoms with Gasteiger partial charge < -0.3 is 20.5 Å². The fraction of sp³-hybridized carbons (Fsp3) is 0.500. The van der Waals surface area contributed by atoms with Crippen molar-refractivity contribution in [1.29, 1.82) is 0 Å². The van der Waals surface area contributed by atoms with E-state index in [1.54, 1.807) is 19.1 Å². The molecule has 1 rings (SSSR count). The molecule has 0 fully saturated rings. The first-order valence-electron chi connectivity index (χ1n) is 6.61. The summed E-state index contributed by atoms with van der Waals surface area (Å²) in [5.41, 5.74) is 6.99. The highest BCUT2D eigenvalue weighted by Gasteiger charge is 2.17. The minimum atomic E-state index is -0.451. The van der Waals surface area contributed by atoms with Crippen molar-refractivity contribution in [2.75, 3.05) is 30.8 Å². The van der Waals surface area contributed by atoms with Crippen LogP contribution in [0.1, 0.15) is 31.1 Å². The molecule has 1 atom stereocenters. The van der Waals surface area contributed by atoms with Crippen LogP contribution >= 0.6 is 11.6 Å². The molecule has 0 saturated heterocycles. The van der Waals surface area contributed by atoms with E-state index in [4.69, 9.17) is 26.8 Å². The second kappa shape index (κ2) is 7.97. The number of hydrogen-bond donors (Lipinski definition) is 2. The van der Waals surface area contributed by atoms with E-state index in [0.29, 0.717) is 41.7 Å². The zero-order valence-electron chi connectivity index (χ0n) is 12.0. The van der Waals surface area contributed by atoms with Crippen LogP contribution < -0.4 is 11.1 Å². The van der Waals surface area contributed by atoms with E-state index >= 15 is 0 Å². The zero-order chi connectivity index (χ0) is 15.1. The Morgan fingerprint density at radius 2 is 2.10 bits per heavy atom. The molecule has 112 valence electrons. The van der Waals surface area contributed by atoms with Gasteiger partial charge in [0.2, 0.25) is 0 Å². The van der Waals surface area contributed by atoms with Crippen LogP contribution in [0.4, 0.5) is 11.4 Å². The van der Waals surface area contributed by atoms with E-state index in [1.165, 1.54) is 0 Å². The van der Waals surface area contributed by atoms with Crippen molar-refractivity contribution in [2.24, 2.45) is 0 Å². The summed E-state index contributed by atoms with van der Waals surface area (Å²) in [6.07, 6.45) is 0.00339. The fourth-order valence-corrected chi connectivity index (χ4v) is 2.06. The Morgan fingerprint density at radius 1 is 1.40 bits per heavy atom. The number of halogens is 1. The number of anilines is 2. The van der Waals surface area contributed by atoms with E-state index in [9.17, 15) is 4.79 Å². The van der Waals surface area contributed by atoms with Gasteiger partial charge in [0.1, 0.15) is 0 Å². The molecule has 1 aromatic rings. The van der Waals surface area contributed by atoms with Crippen LogP contribution in [-0.4, -0.2) is 31.8 Å². The number of nitrogens with two attached hydrogens (primary N) is 1. The summed E-state index contributed by atoms with van der Waals surface area (Å²) < 4.78 is 10.4. The van der Waals surface area contributed by atoms with Crippen LogP contribution in [0.15, 0.2) is 12.1 Å². The Morgan fingerprint density at radius 3 is 2.70 bits per heavy atom. The van der Waals surface area contributed by atoms with Gasteiger partial charge in [-0.2, -0.15) is 0 Å². The minimum absolute atomic E-state index is 0.00339. The number of ether oxygens (including phenoxy) is 2. The highest BCUT2D eigenvalue weighted by atomic mass is 35.5. The Labute approximate surface area is 124 Å². The molecule has 0 radical (unpaired) electrons. The van der Waals surface area contributed by atoms with Gasteiger partial charge in [-0.1, -0.05) is 11.6 Å². The first-order valence-corrected chi connectivity index (χ1v) is 6.98. The van der Waals surface area contributed by atoms with Gasteiger partial charge in [-0.05, 0) is 32.9 Å². The minimum Gasteiger partial charge on any atom is -0.462 e. The predicted molar refractivity (Wildman–Crippen MR) is 81.4 cm³/mol. The molecule has 6 heteroatoms. The molecule has 0 saturated carbocycles. The summed E-state index contributed by atoms with van der Waals surface area (Å²) in [6, 6.07) is 3.15. The van der Waals surface area contributed by atoms with Crippen LogP contribution in [0.25, 0.3) is 0 Å². The van der Waals surface area contributed by atoms with Crippen molar-refractivity contribution in [3.8, 4) is 0 Å². The lowest BCUT2D eigenvalue weighted by molar-refractivity contribution is 0.0527. The molecule has 0 amide bonds. The van der Waals surface area contributed by atoms with E-state index in [2.05, 4.69) is 5.32 Å². The molecule has 0 heterocycles. The maximum absolute atomic E-state index is 11.9. The SMILES string of the molecule is CCOC(=O)c1cc(N)cc(Cl)c1NCC(C)OCC. The molecule has 0 spiro atoms. The highest BCUT2D eigenvalue weighted by molar-refractivity contribution is 6.34. The Balaban J connectivity index is 2.95. The average molecular weight is 301 g/mol. The van der Waals surface area contributed by atoms with E-state index in [-0.39, 0.29) is 6.10 Å². The number of esters is 1. The number of nitrogen functional groups attached to an aromatic ring is 1. The Kier molecular flexibility index (Phi) is 6.61. The van der Waals surface area contributed by atoms with Crippen molar-refractivity contribution < 1.29 is 14.3 Å². The summed E-state index contributed by atoms with van der Waals surface area (Å²) in [5, 5.41) is 3.51. The van der Waals surface area contributed by atoms with Crippen LogP contribution in [0.2, 0.25) is 5.02 Å². The standard InChI is InChI=1S/C14H21ClN2O3/c1-4-19-9(3)8-17-13-11(14(18)20-5-2)6-10(16)7-12(13)15/h6-7,9,17H,4-5,8,16H2,1-3H3. The third-order valence-electron chi connectivity index (χ3n) is 2.63. The van der Waals surface area contributed by atoms with E-state index < -0.39 is 5.97 Å². The van der Waals surface area contributed by atoms with Crippen molar-refractivity contribution in [3.63, 3.8) is 0 Å². The molecule has 3 N–H and O–H groups in total. The topological polar surface area (TPSA) is 73.6 Å². The normalized spacial score (nSPS) is 12.0. The molecule has 0 bridgehead atoms. The number of carbonyl (C=O) groups excluding carboxylic acids is 1. The Bertz CT molecular complexity index is 466. The van der Waals surface area contributed by atoms with Gasteiger partial charge >= 0.3 is 5.97 Å². The lowest BCUT2D eigenvalue weighted by Gasteiger charge is -2.17. The van der Waals surface area contributed by atoms with Gasteiger partial charge in [0.05, 0.1) is 29.0 Å². The molecule has 1 unspecified atom stereocenters. The van der Waals surface area contributed by atoms with Gasteiger partial charge in [0, 0.05) is 18.8 Å². The number of rotatable bonds is 7. The van der Waals surface area contributed by atoms with Crippen molar-refractivity contribution in [3.05, 3.63) is 22.7 Å². The smallest absolute Gasteiger partial charge is 0.340 e. The second-order valence-electron chi connectivity index (χ2n) is 4.29. The lowest BCUT2D eigenvalue weighted by Crippen LogP contribution is -2.21. The van der Waals surface area contributed by atoms with Gasteiger partial charge in [-0.25, -0.2) is 4.79 Å². The van der Waals surface area contributed by atoms with Crippen LogP contribution in [0.3, 0.4) is 0 Å². The van der Waals surface area contributed by atoms with Gasteiger partial charge in [0.25, 0.3) is 0 Å². The number of carbonyl (C=O) groups is 1. The first kappa shape index (κ1) is 16.6. The first-order chi connectivity index (χ1) is 9.49. The maximum atomic E-state index is 11.9. The van der Waals surface area contributed by atoms with Gasteiger partial charge in [0.15, 0.2) is 0 Å². The van der Waals surface area contributed by atoms with Crippen molar-refractivity contribution in [1.82, 2.24) is 0 Å². The number of nitrogens with one attached hydrogen (secondary N) is 1. The van der Waals surface area contributed by atoms with Gasteiger partial charge in [-0.3, -0.25) is 0 Å². The highest BCUT2D eigenvalue weighted by Crippen LogP contribution is 2.30. The molecular weight excluding hydrogens is 280 g/mol. The fourth-order valence-electron chi connectivity index (χ4n) is 1.77. The third kappa shape index (κ3) is 4.58. The summed E-state index contributed by atoms with van der Waals surface area (Å²) in [5.74, 6) is -0.451. The molecule has 0 aliphatic heterocycles. The predicted octanol–water partition coefficient (Wildman–Crippen LogP) is 2.94. The van der Waals surface area contributed by atoms with E-state index in [1.807, 2.05) is 13.8 Å². The lowest BCUT2D eigenvalue weighted by atomic mass is 10.1. The van der Waals surface area contributed by atoms with Gasteiger partial charge in [-0.15, -0.1) is 0 Å². The summed E-state index contributed by atoms with van der Waals surface area (Å²) >= 11 is 6.15. The number of hydrogen-bond acceptors (Lipinski definition) is 5.